The van der Waals surface area contributed by atoms with Crippen molar-refractivity contribution in [3.05, 3.63) is 0 Å². The van der Waals surface area contributed by atoms with Crippen molar-refractivity contribution in [2.75, 3.05) is 80.8 Å². The minimum Gasteiger partial charge on any atom is -1.00 e. The third-order valence-electron chi connectivity index (χ3n) is 8.33. The van der Waals surface area contributed by atoms with E-state index in [0.717, 1.165) is 25.9 Å². The lowest BCUT2D eigenvalue weighted by Gasteiger charge is -2.28. The van der Waals surface area contributed by atoms with E-state index in [1.54, 1.807) is 0 Å². The van der Waals surface area contributed by atoms with Gasteiger partial charge in [-0.05, 0) is 25.7 Å². The van der Waals surface area contributed by atoms with E-state index in [0.29, 0.717) is 35.3 Å². The Bertz CT molecular complexity index is 611. The van der Waals surface area contributed by atoms with Crippen molar-refractivity contribution in [1.82, 2.24) is 0 Å². The molecule has 0 saturated heterocycles. The Kier molecular flexibility index (Phi) is 36.1. The Morgan fingerprint density at radius 2 is 0.689 bits per heavy atom. The summed E-state index contributed by atoms with van der Waals surface area (Å²) < 4.78 is 17.6. The van der Waals surface area contributed by atoms with Crippen LogP contribution < -0.4 is 24.8 Å². The third kappa shape index (κ3) is 36.1. The van der Waals surface area contributed by atoms with Gasteiger partial charge in [0.25, 0.3) is 0 Å². The molecule has 7 nitrogen and oxygen atoms in total. The highest BCUT2D eigenvalue weighted by Gasteiger charge is 2.21. The second-order valence-electron chi connectivity index (χ2n) is 14.1. The minimum atomic E-state index is -0.186. The van der Waals surface area contributed by atoms with E-state index in [1.165, 1.54) is 116 Å². The fraction of sp³-hybridized carbons (Fsp3) is 0.944. The molecule has 0 aliphatic rings. The van der Waals surface area contributed by atoms with Gasteiger partial charge in [0, 0.05) is 0 Å². The fourth-order valence-corrected chi connectivity index (χ4v) is 5.53. The van der Waals surface area contributed by atoms with E-state index >= 15 is 0 Å². The van der Waals surface area contributed by atoms with Crippen LogP contribution in [-0.4, -0.2) is 102 Å². The largest absolute Gasteiger partial charge is 1.00 e. The molecule has 0 atom stereocenters. The molecular formula is C36H74Cl2N2O5. The van der Waals surface area contributed by atoms with Crippen LogP contribution in [0, 0.1) is 0 Å². The predicted molar refractivity (Wildman–Crippen MR) is 180 cm³/mol. The first-order valence-electron chi connectivity index (χ1n) is 18.1. The van der Waals surface area contributed by atoms with Crippen LogP contribution in [0.2, 0.25) is 0 Å². The van der Waals surface area contributed by atoms with Gasteiger partial charge in [-0.25, -0.2) is 9.59 Å². The lowest BCUT2D eigenvalue weighted by atomic mass is 10.1. The van der Waals surface area contributed by atoms with Crippen LogP contribution in [0.15, 0.2) is 0 Å². The smallest absolute Gasteiger partial charge is 0.361 e. The van der Waals surface area contributed by atoms with E-state index in [4.69, 9.17) is 14.2 Å². The van der Waals surface area contributed by atoms with Crippen molar-refractivity contribution in [2.45, 2.75) is 142 Å². The summed E-state index contributed by atoms with van der Waals surface area (Å²) in [6, 6.07) is 0. The van der Waals surface area contributed by atoms with Crippen molar-refractivity contribution in [3.63, 3.8) is 0 Å². The Hall–Kier alpha value is -0.600. The molecule has 0 aliphatic carbocycles. The monoisotopic (exact) mass is 684 g/mol. The molecular weight excluding hydrogens is 611 g/mol. The van der Waals surface area contributed by atoms with Crippen molar-refractivity contribution in [1.29, 1.82) is 0 Å². The number of carbonyl (C=O) groups is 2. The zero-order chi connectivity index (χ0) is 32.1. The molecule has 0 rings (SSSR count). The maximum atomic E-state index is 12.3. The van der Waals surface area contributed by atoms with Crippen LogP contribution in [0.3, 0.4) is 0 Å². The summed E-state index contributed by atoms with van der Waals surface area (Å²) in [6.07, 6.45) is 26.4. The number of unbranched alkanes of at least 4 members (excludes halogenated alkanes) is 18. The lowest BCUT2D eigenvalue weighted by Crippen LogP contribution is -3.00. The quantitative estimate of drug-likeness (QED) is 0.0618. The zero-order valence-electron chi connectivity index (χ0n) is 30.5. The van der Waals surface area contributed by atoms with Gasteiger partial charge in [-0.2, -0.15) is 0 Å². The molecule has 9 heteroatoms. The number of quaternary nitrogens is 2. The third-order valence-corrected chi connectivity index (χ3v) is 8.33. The van der Waals surface area contributed by atoms with Crippen molar-refractivity contribution in [3.8, 4) is 0 Å². The molecule has 0 aromatic carbocycles. The van der Waals surface area contributed by atoms with E-state index < -0.39 is 0 Å². The average Bonchev–Trinajstić information content (AvgIpc) is 2.94. The van der Waals surface area contributed by atoms with Crippen molar-refractivity contribution in [2.24, 2.45) is 0 Å². The average molecular weight is 686 g/mol. The van der Waals surface area contributed by atoms with Gasteiger partial charge in [-0.3, -0.25) is 0 Å². The van der Waals surface area contributed by atoms with Crippen LogP contribution in [0.25, 0.3) is 0 Å². The van der Waals surface area contributed by atoms with Crippen LogP contribution in [-0.2, 0) is 23.8 Å². The summed E-state index contributed by atoms with van der Waals surface area (Å²) >= 11 is 0. The van der Waals surface area contributed by atoms with Gasteiger partial charge < -0.3 is 48.0 Å². The van der Waals surface area contributed by atoms with Gasteiger partial charge in [-0.1, -0.05) is 117 Å². The summed E-state index contributed by atoms with van der Waals surface area (Å²) in [6.45, 7) is 8.34. The zero-order valence-corrected chi connectivity index (χ0v) is 32.0. The Labute approximate surface area is 291 Å². The molecule has 272 valence electrons. The number of esters is 2. The van der Waals surface area contributed by atoms with E-state index in [1.807, 2.05) is 0 Å². The van der Waals surface area contributed by atoms with Crippen LogP contribution in [0.4, 0.5) is 0 Å². The van der Waals surface area contributed by atoms with Gasteiger partial charge in [-0.15, -0.1) is 0 Å². The van der Waals surface area contributed by atoms with E-state index in [-0.39, 0.29) is 50.0 Å². The molecule has 0 fully saturated rings. The van der Waals surface area contributed by atoms with Gasteiger partial charge in [0.2, 0.25) is 0 Å². The molecule has 0 spiro atoms. The van der Waals surface area contributed by atoms with Crippen LogP contribution in [0.5, 0.6) is 0 Å². The molecule has 0 unspecified atom stereocenters. The van der Waals surface area contributed by atoms with Crippen LogP contribution in [0.1, 0.15) is 142 Å². The number of nitrogens with zero attached hydrogens (tertiary/aromatic N) is 2. The molecule has 0 aliphatic heterocycles. The summed E-state index contributed by atoms with van der Waals surface area (Å²) in [7, 11) is 8.38. The number of hydrogen-bond donors (Lipinski definition) is 0. The van der Waals surface area contributed by atoms with Gasteiger partial charge in [0.15, 0.2) is 13.1 Å². The van der Waals surface area contributed by atoms with Gasteiger partial charge in [0.1, 0.15) is 13.2 Å². The predicted octanol–water partition coefficient (Wildman–Crippen LogP) is 2.09. The van der Waals surface area contributed by atoms with E-state index in [2.05, 4.69) is 42.0 Å². The number of rotatable bonds is 32. The first-order chi connectivity index (χ1) is 20.6. The molecule has 0 aromatic heterocycles. The first kappa shape index (κ1) is 48.8. The Balaban J connectivity index is -0.00000882. The molecule has 45 heavy (non-hydrogen) atoms. The normalized spacial score (nSPS) is 11.5. The molecule has 0 saturated carbocycles. The second kappa shape index (κ2) is 33.3. The Morgan fingerprint density at radius 1 is 0.422 bits per heavy atom. The standard InChI is InChI=1S/C36H74N2O5.2ClH/c1-7-9-11-13-15-17-19-21-23-25-27-37(3,4)33-35(39)42-31-29-41-30-32-43-36(40)34-38(5,6)28-26-24-22-20-18-16-14-12-10-8-2;;/h7-34H2,1-6H3;2*1H/q+2;;/p-2. The molecule has 0 heterocycles. The first-order valence-corrected chi connectivity index (χ1v) is 18.1. The summed E-state index contributed by atoms with van der Waals surface area (Å²) in [5, 5.41) is 0. The minimum absolute atomic E-state index is 0. The highest BCUT2D eigenvalue weighted by atomic mass is 35.5. The van der Waals surface area contributed by atoms with Crippen LogP contribution >= 0.6 is 0 Å². The number of likely N-dealkylation sites (N-methyl/N-ethyl adjacent to an activating group) is 2. The summed E-state index contributed by atoms with van der Waals surface area (Å²) in [5.74, 6) is -0.371. The summed E-state index contributed by atoms with van der Waals surface area (Å²) in [4.78, 5) is 24.5. The molecule has 0 N–H and O–H groups in total. The maximum Gasteiger partial charge on any atom is 0.361 e. The van der Waals surface area contributed by atoms with Crippen molar-refractivity contribution < 1.29 is 57.6 Å². The van der Waals surface area contributed by atoms with Crippen molar-refractivity contribution >= 4 is 11.9 Å². The second-order valence-corrected chi connectivity index (χ2v) is 14.1. The number of hydrogen-bond acceptors (Lipinski definition) is 5. The maximum absolute atomic E-state index is 12.3. The molecule has 0 bridgehead atoms. The highest BCUT2D eigenvalue weighted by Crippen LogP contribution is 2.13. The summed E-state index contributed by atoms with van der Waals surface area (Å²) in [5.41, 5.74) is 0. The number of carbonyl (C=O) groups excluding carboxylic acids is 2. The molecule has 0 amide bonds. The van der Waals surface area contributed by atoms with E-state index in [9.17, 15) is 9.59 Å². The fourth-order valence-electron chi connectivity index (χ4n) is 5.53. The number of halogens is 2. The van der Waals surface area contributed by atoms with Gasteiger partial charge >= 0.3 is 11.9 Å². The number of ether oxygens (including phenoxy) is 3. The SMILES string of the molecule is CCCCCCCCCCCC[N+](C)(C)CC(=O)OCCOCCOC(=O)C[N+](C)(C)CCCCCCCCCCCC.[Cl-].[Cl-]. The highest BCUT2D eigenvalue weighted by molar-refractivity contribution is 5.70. The Morgan fingerprint density at radius 3 is 0.978 bits per heavy atom. The molecule has 0 radical (unpaired) electrons. The van der Waals surface area contributed by atoms with Gasteiger partial charge in [0.05, 0.1) is 54.5 Å². The molecule has 0 aromatic rings. The lowest BCUT2D eigenvalue weighted by molar-refractivity contribution is -0.883. The topological polar surface area (TPSA) is 61.8 Å².